The Morgan fingerprint density at radius 1 is 1.21 bits per heavy atom. The first kappa shape index (κ1) is 16.6. The minimum absolute atomic E-state index is 0.0769. The van der Waals surface area contributed by atoms with Crippen LogP contribution in [-0.4, -0.2) is 55.1 Å². The highest BCUT2D eigenvalue weighted by Gasteiger charge is 2.31. The standard InChI is InChI=1S/C16H20FN3O4/c17-13-1-2-14(20(22)23)15(11-13)18-5-3-12(4-6-18)16(21)19-7-9-24-10-8-19/h1-2,11-12H,3-10H2. The largest absolute Gasteiger partial charge is 0.378 e. The molecule has 130 valence electrons. The predicted molar refractivity (Wildman–Crippen MR) is 85.4 cm³/mol. The molecule has 24 heavy (non-hydrogen) atoms. The lowest BCUT2D eigenvalue weighted by atomic mass is 9.94. The Morgan fingerprint density at radius 2 is 1.88 bits per heavy atom. The second-order valence-corrected chi connectivity index (χ2v) is 6.09. The molecule has 1 amide bonds. The zero-order valence-electron chi connectivity index (χ0n) is 13.3. The summed E-state index contributed by atoms with van der Waals surface area (Å²) in [5.41, 5.74) is 0.187. The Bertz CT molecular complexity index is 626. The Balaban J connectivity index is 1.66. The van der Waals surface area contributed by atoms with Crippen molar-refractivity contribution >= 4 is 17.3 Å². The summed E-state index contributed by atoms with van der Waals surface area (Å²) in [6, 6.07) is 3.48. The fraction of sp³-hybridized carbons (Fsp3) is 0.562. The second kappa shape index (κ2) is 7.12. The molecule has 0 spiro atoms. The van der Waals surface area contributed by atoms with E-state index in [9.17, 15) is 19.3 Å². The van der Waals surface area contributed by atoms with Gasteiger partial charge in [-0.1, -0.05) is 0 Å². The number of morpholine rings is 1. The van der Waals surface area contributed by atoms with Gasteiger partial charge in [0.2, 0.25) is 5.91 Å². The highest BCUT2D eigenvalue weighted by atomic mass is 19.1. The van der Waals surface area contributed by atoms with E-state index in [-0.39, 0.29) is 23.2 Å². The molecule has 2 aliphatic heterocycles. The molecule has 2 fully saturated rings. The van der Waals surface area contributed by atoms with Crippen molar-refractivity contribution in [3.63, 3.8) is 0 Å². The Kier molecular flexibility index (Phi) is 4.94. The number of rotatable bonds is 3. The third-order valence-corrected chi connectivity index (χ3v) is 4.64. The molecule has 8 heteroatoms. The number of hydrogen-bond donors (Lipinski definition) is 0. The number of nitro benzene ring substituents is 1. The quantitative estimate of drug-likeness (QED) is 0.621. The summed E-state index contributed by atoms with van der Waals surface area (Å²) in [7, 11) is 0. The lowest BCUT2D eigenvalue weighted by Gasteiger charge is -2.36. The number of benzene rings is 1. The van der Waals surface area contributed by atoms with Gasteiger partial charge in [-0.3, -0.25) is 14.9 Å². The van der Waals surface area contributed by atoms with E-state index in [0.717, 1.165) is 6.07 Å². The van der Waals surface area contributed by atoms with Gasteiger partial charge in [0, 0.05) is 44.2 Å². The maximum Gasteiger partial charge on any atom is 0.292 e. The number of nitrogens with zero attached hydrogens (tertiary/aromatic N) is 3. The minimum Gasteiger partial charge on any atom is -0.378 e. The van der Waals surface area contributed by atoms with Crippen LogP contribution in [0.1, 0.15) is 12.8 Å². The van der Waals surface area contributed by atoms with Crippen LogP contribution in [0, 0.1) is 21.8 Å². The maximum atomic E-state index is 13.5. The third kappa shape index (κ3) is 3.48. The number of hydrogen-bond acceptors (Lipinski definition) is 5. The van der Waals surface area contributed by atoms with Crippen molar-refractivity contribution in [3.05, 3.63) is 34.1 Å². The summed E-state index contributed by atoms with van der Waals surface area (Å²) in [5, 5.41) is 11.1. The van der Waals surface area contributed by atoms with Crippen molar-refractivity contribution in [1.29, 1.82) is 0 Å². The topological polar surface area (TPSA) is 75.9 Å². The highest BCUT2D eigenvalue weighted by molar-refractivity contribution is 5.79. The minimum atomic E-state index is -0.500. The van der Waals surface area contributed by atoms with Crippen molar-refractivity contribution in [3.8, 4) is 0 Å². The van der Waals surface area contributed by atoms with E-state index in [0.29, 0.717) is 52.2 Å². The molecule has 0 bridgehead atoms. The predicted octanol–water partition coefficient (Wildman–Crippen LogP) is 1.81. The first-order valence-corrected chi connectivity index (χ1v) is 8.11. The van der Waals surface area contributed by atoms with Crippen LogP contribution < -0.4 is 4.90 Å². The number of amides is 1. The number of anilines is 1. The van der Waals surface area contributed by atoms with Gasteiger partial charge in [-0.25, -0.2) is 4.39 Å². The van der Waals surface area contributed by atoms with Gasteiger partial charge in [0.1, 0.15) is 11.5 Å². The van der Waals surface area contributed by atoms with Crippen molar-refractivity contribution in [2.45, 2.75) is 12.8 Å². The summed E-state index contributed by atoms with van der Waals surface area (Å²) in [5.74, 6) is -0.444. The van der Waals surface area contributed by atoms with E-state index in [1.807, 2.05) is 4.90 Å². The molecule has 0 aliphatic carbocycles. The molecule has 2 aliphatic rings. The molecular weight excluding hydrogens is 317 g/mol. The lowest BCUT2D eigenvalue weighted by molar-refractivity contribution is -0.384. The summed E-state index contributed by atoms with van der Waals surface area (Å²) in [6.45, 7) is 3.39. The van der Waals surface area contributed by atoms with E-state index in [4.69, 9.17) is 4.74 Å². The van der Waals surface area contributed by atoms with Crippen molar-refractivity contribution in [2.75, 3.05) is 44.3 Å². The Hall–Kier alpha value is -2.22. The van der Waals surface area contributed by atoms with E-state index in [1.54, 1.807) is 4.90 Å². The zero-order valence-corrected chi connectivity index (χ0v) is 13.3. The molecule has 1 aromatic rings. The third-order valence-electron chi connectivity index (χ3n) is 4.64. The van der Waals surface area contributed by atoms with Crippen LogP contribution in [0.5, 0.6) is 0 Å². The molecule has 0 N–H and O–H groups in total. The normalized spacial score (nSPS) is 19.4. The number of piperidine rings is 1. The first-order chi connectivity index (χ1) is 11.6. The summed E-state index contributed by atoms with van der Waals surface area (Å²) >= 11 is 0. The summed E-state index contributed by atoms with van der Waals surface area (Å²) < 4.78 is 18.7. The molecule has 0 radical (unpaired) electrons. The van der Waals surface area contributed by atoms with Gasteiger partial charge < -0.3 is 14.5 Å². The number of halogens is 1. The van der Waals surface area contributed by atoms with Crippen LogP contribution in [-0.2, 0) is 9.53 Å². The smallest absolute Gasteiger partial charge is 0.292 e. The number of nitro groups is 1. The Labute approximate surface area is 139 Å². The summed E-state index contributed by atoms with van der Waals surface area (Å²) in [4.78, 5) is 26.8. The van der Waals surface area contributed by atoms with Gasteiger partial charge in [0.05, 0.1) is 18.1 Å². The molecular formula is C16H20FN3O4. The van der Waals surface area contributed by atoms with E-state index in [1.165, 1.54) is 12.1 Å². The molecule has 0 unspecified atom stereocenters. The van der Waals surface area contributed by atoms with Gasteiger partial charge in [0.25, 0.3) is 5.69 Å². The van der Waals surface area contributed by atoms with Crippen molar-refractivity contribution in [1.82, 2.24) is 4.90 Å². The molecule has 0 aromatic heterocycles. The highest BCUT2D eigenvalue weighted by Crippen LogP contribution is 2.32. The average Bonchev–Trinajstić information content (AvgIpc) is 2.61. The number of ether oxygens (including phenoxy) is 1. The van der Waals surface area contributed by atoms with E-state index >= 15 is 0 Å². The van der Waals surface area contributed by atoms with Crippen molar-refractivity contribution in [2.24, 2.45) is 5.92 Å². The molecule has 0 saturated carbocycles. The van der Waals surface area contributed by atoms with Gasteiger partial charge in [-0.15, -0.1) is 0 Å². The summed E-state index contributed by atoms with van der Waals surface area (Å²) in [6.07, 6.45) is 1.23. The Morgan fingerprint density at radius 3 is 2.50 bits per heavy atom. The monoisotopic (exact) mass is 337 g/mol. The van der Waals surface area contributed by atoms with E-state index < -0.39 is 10.7 Å². The molecule has 1 aromatic carbocycles. The fourth-order valence-electron chi connectivity index (χ4n) is 3.31. The van der Waals surface area contributed by atoms with Crippen LogP contribution in [0.3, 0.4) is 0 Å². The second-order valence-electron chi connectivity index (χ2n) is 6.09. The van der Waals surface area contributed by atoms with Crippen LogP contribution >= 0.6 is 0 Å². The first-order valence-electron chi connectivity index (χ1n) is 8.11. The molecule has 7 nitrogen and oxygen atoms in total. The van der Waals surface area contributed by atoms with E-state index in [2.05, 4.69) is 0 Å². The fourth-order valence-corrected chi connectivity index (χ4v) is 3.31. The van der Waals surface area contributed by atoms with Crippen LogP contribution in [0.4, 0.5) is 15.8 Å². The van der Waals surface area contributed by atoms with Gasteiger partial charge in [0.15, 0.2) is 0 Å². The molecule has 3 rings (SSSR count). The molecule has 2 heterocycles. The van der Waals surface area contributed by atoms with Gasteiger partial charge in [-0.2, -0.15) is 0 Å². The number of carbonyl (C=O) groups excluding carboxylic acids is 1. The van der Waals surface area contributed by atoms with Gasteiger partial charge in [-0.05, 0) is 18.9 Å². The number of carbonyl (C=O) groups is 1. The lowest BCUT2D eigenvalue weighted by Crippen LogP contribution is -2.46. The molecule has 2 saturated heterocycles. The van der Waals surface area contributed by atoms with Crippen LogP contribution in [0.25, 0.3) is 0 Å². The van der Waals surface area contributed by atoms with Crippen LogP contribution in [0.15, 0.2) is 18.2 Å². The van der Waals surface area contributed by atoms with Crippen molar-refractivity contribution < 1.29 is 18.8 Å². The van der Waals surface area contributed by atoms with Gasteiger partial charge >= 0.3 is 0 Å². The molecule has 0 atom stereocenters. The van der Waals surface area contributed by atoms with Crippen LogP contribution in [0.2, 0.25) is 0 Å². The maximum absolute atomic E-state index is 13.5. The SMILES string of the molecule is O=C(C1CCN(c2cc(F)ccc2[N+](=O)[O-])CC1)N1CCOCC1. The zero-order chi connectivity index (χ0) is 17.1. The average molecular weight is 337 g/mol.